The Kier molecular flexibility index (Phi) is 3.98. The average molecular weight is 269 g/mol. The fourth-order valence-corrected chi connectivity index (χ4v) is 2.42. The lowest BCUT2D eigenvalue weighted by atomic mass is 10.1. The number of thiazole rings is 1. The molecule has 0 radical (unpaired) electrons. The Balaban J connectivity index is 2.25. The molecule has 19 heavy (non-hydrogen) atoms. The molecule has 1 aromatic heterocycles. The topological polar surface area (TPSA) is 48.7 Å². The molecule has 2 aromatic rings. The van der Waals surface area contributed by atoms with E-state index in [1.54, 1.807) is 6.20 Å². The second kappa shape index (κ2) is 5.68. The molecule has 1 aromatic carbocycles. The highest BCUT2D eigenvalue weighted by Gasteiger charge is 2.05. The van der Waals surface area contributed by atoms with Crippen molar-refractivity contribution in [2.24, 2.45) is 0 Å². The van der Waals surface area contributed by atoms with Crippen LogP contribution in [0.15, 0.2) is 29.8 Å². The van der Waals surface area contributed by atoms with Gasteiger partial charge in [-0.3, -0.25) is 0 Å². The first-order chi connectivity index (χ1) is 9.10. The number of allylic oxidation sites excluding steroid dienone is 1. The summed E-state index contributed by atoms with van der Waals surface area (Å²) in [4.78, 5) is 4.32. The highest BCUT2D eigenvalue weighted by molar-refractivity contribution is 7.10. The van der Waals surface area contributed by atoms with Gasteiger partial charge in [-0.25, -0.2) is 4.98 Å². The second-order valence-corrected chi connectivity index (χ2v) is 5.28. The molecule has 0 aliphatic carbocycles. The Bertz CT molecular complexity index is 662. The summed E-state index contributed by atoms with van der Waals surface area (Å²) in [5.41, 5.74) is 4.84. The van der Waals surface area contributed by atoms with Crippen LogP contribution >= 0.6 is 11.3 Å². The molecule has 0 atom stereocenters. The van der Waals surface area contributed by atoms with Crippen LogP contribution in [0.3, 0.4) is 0 Å². The van der Waals surface area contributed by atoms with E-state index in [1.165, 1.54) is 16.9 Å². The van der Waals surface area contributed by atoms with Crippen LogP contribution in [0.25, 0.3) is 5.57 Å². The smallest absolute Gasteiger partial charge is 0.135 e. The number of aryl methyl sites for hydroxylation is 3. The van der Waals surface area contributed by atoms with Gasteiger partial charge in [-0.15, -0.1) is 11.3 Å². The fraction of sp³-hybridized carbons (Fsp3) is 0.200. The zero-order valence-corrected chi connectivity index (χ0v) is 12.0. The van der Waals surface area contributed by atoms with E-state index in [0.717, 1.165) is 22.0 Å². The summed E-state index contributed by atoms with van der Waals surface area (Å²) in [5, 5.41) is 15.1. The molecule has 0 saturated heterocycles. The SMILES string of the molecule is Cc1ccc(C)c(N/C=C(\C#N)c2nc(C)cs2)c1. The monoisotopic (exact) mass is 269 g/mol. The minimum atomic E-state index is 0.555. The summed E-state index contributed by atoms with van der Waals surface area (Å²) < 4.78 is 0. The predicted molar refractivity (Wildman–Crippen MR) is 80.0 cm³/mol. The molecule has 0 saturated carbocycles. The van der Waals surface area contributed by atoms with Crippen LogP contribution in [0.2, 0.25) is 0 Å². The number of benzene rings is 1. The number of hydrogen-bond donors (Lipinski definition) is 1. The first-order valence-corrected chi connectivity index (χ1v) is 6.84. The maximum Gasteiger partial charge on any atom is 0.135 e. The largest absolute Gasteiger partial charge is 0.360 e. The van der Waals surface area contributed by atoms with Crippen LogP contribution in [-0.2, 0) is 0 Å². The average Bonchev–Trinajstić information content (AvgIpc) is 2.81. The minimum Gasteiger partial charge on any atom is -0.360 e. The number of rotatable bonds is 3. The Hall–Kier alpha value is -2.12. The van der Waals surface area contributed by atoms with Crippen molar-refractivity contribution in [1.82, 2.24) is 4.98 Å². The predicted octanol–water partition coefficient (Wildman–Crippen LogP) is 4.04. The van der Waals surface area contributed by atoms with E-state index >= 15 is 0 Å². The van der Waals surface area contributed by atoms with Crippen molar-refractivity contribution in [3.63, 3.8) is 0 Å². The Morgan fingerprint density at radius 1 is 1.37 bits per heavy atom. The zero-order chi connectivity index (χ0) is 13.8. The Morgan fingerprint density at radius 3 is 2.79 bits per heavy atom. The lowest BCUT2D eigenvalue weighted by Gasteiger charge is -2.06. The number of anilines is 1. The molecule has 0 fully saturated rings. The minimum absolute atomic E-state index is 0.555. The van der Waals surface area contributed by atoms with Crippen molar-refractivity contribution in [3.05, 3.63) is 51.6 Å². The van der Waals surface area contributed by atoms with Crippen LogP contribution in [0.5, 0.6) is 0 Å². The molecule has 1 N–H and O–H groups in total. The van der Waals surface area contributed by atoms with Gasteiger partial charge in [0, 0.05) is 23.0 Å². The molecule has 0 unspecified atom stereocenters. The Morgan fingerprint density at radius 2 is 2.16 bits per heavy atom. The van der Waals surface area contributed by atoms with Gasteiger partial charge >= 0.3 is 0 Å². The lowest BCUT2D eigenvalue weighted by molar-refractivity contribution is 1.24. The van der Waals surface area contributed by atoms with Crippen molar-refractivity contribution < 1.29 is 0 Å². The molecule has 0 aliphatic heterocycles. The van der Waals surface area contributed by atoms with E-state index in [1.807, 2.05) is 26.2 Å². The molecule has 0 bridgehead atoms. The number of aromatic nitrogens is 1. The van der Waals surface area contributed by atoms with Gasteiger partial charge in [-0.05, 0) is 38.0 Å². The molecule has 2 rings (SSSR count). The standard InChI is InChI=1S/C15H15N3S/c1-10-4-5-11(2)14(6-10)17-8-13(7-16)15-18-12(3)9-19-15/h4-6,8-9,17H,1-3H3/b13-8+. The summed E-state index contributed by atoms with van der Waals surface area (Å²) >= 11 is 1.48. The third-order valence-corrected chi connectivity index (χ3v) is 3.73. The lowest BCUT2D eigenvalue weighted by Crippen LogP contribution is -1.94. The molecule has 1 heterocycles. The molecule has 0 spiro atoms. The molecule has 0 aliphatic rings. The van der Waals surface area contributed by atoms with Crippen LogP contribution in [0.4, 0.5) is 5.69 Å². The van der Waals surface area contributed by atoms with Gasteiger partial charge in [0.1, 0.15) is 16.6 Å². The number of nitriles is 1. The first kappa shape index (κ1) is 13.3. The van der Waals surface area contributed by atoms with Crippen LogP contribution in [0, 0.1) is 32.1 Å². The van der Waals surface area contributed by atoms with Gasteiger partial charge in [0.05, 0.1) is 0 Å². The van der Waals surface area contributed by atoms with Crippen molar-refractivity contribution >= 4 is 22.6 Å². The van der Waals surface area contributed by atoms with E-state index in [-0.39, 0.29) is 0 Å². The van der Waals surface area contributed by atoms with Gasteiger partial charge in [-0.2, -0.15) is 5.26 Å². The van der Waals surface area contributed by atoms with Crippen molar-refractivity contribution in [1.29, 1.82) is 5.26 Å². The Labute approximate surface area is 117 Å². The van der Waals surface area contributed by atoms with Crippen molar-refractivity contribution in [3.8, 4) is 6.07 Å². The summed E-state index contributed by atoms with van der Waals surface area (Å²) in [5.74, 6) is 0. The number of nitrogens with zero attached hydrogens (tertiary/aromatic N) is 2. The fourth-order valence-electron chi connectivity index (χ4n) is 1.66. The number of nitrogens with one attached hydrogen (secondary N) is 1. The summed E-state index contributed by atoms with van der Waals surface area (Å²) in [6.07, 6.45) is 1.72. The third-order valence-electron chi connectivity index (χ3n) is 2.73. The highest BCUT2D eigenvalue weighted by Crippen LogP contribution is 2.21. The van der Waals surface area contributed by atoms with Crippen LogP contribution < -0.4 is 5.32 Å². The van der Waals surface area contributed by atoms with Crippen molar-refractivity contribution in [2.75, 3.05) is 5.32 Å². The molecule has 0 amide bonds. The van der Waals surface area contributed by atoms with Gasteiger partial charge in [0.25, 0.3) is 0 Å². The normalized spacial score (nSPS) is 11.2. The molecular formula is C15H15N3S. The maximum atomic E-state index is 9.20. The quantitative estimate of drug-likeness (QED) is 0.855. The molecule has 4 heteroatoms. The van der Waals surface area contributed by atoms with Gasteiger partial charge < -0.3 is 5.32 Å². The molecule has 96 valence electrons. The van der Waals surface area contributed by atoms with Gasteiger partial charge in [0.2, 0.25) is 0 Å². The second-order valence-electron chi connectivity index (χ2n) is 4.43. The third kappa shape index (κ3) is 3.21. The van der Waals surface area contributed by atoms with E-state index in [2.05, 4.69) is 34.6 Å². The zero-order valence-electron chi connectivity index (χ0n) is 11.2. The van der Waals surface area contributed by atoms with Gasteiger partial charge in [0.15, 0.2) is 0 Å². The van der Waals surface area contributed by atoms with E-state index < -0.39 is 0 Å². The molecular weight excluding hydrogens is 254 g/mol. The van der Waals surface area contributed by atoms with Gasteiger partial charge in [-0.1, -0.05) is 12.1 Å². The summed E-state index contributed by atoms with van der Waals surface area (Å²) in [6.45, 7) is 6.01. The maximum absolute atomic E-state index is 9.20. The number of hydrogen-bond acceptors (Lipinski definition) is 4. The van der Waals surface area contributed by atoms with E-state index in [4.69, 9.17) is 0 Å². The summed E-state index contributed by atoms with van der Waals surface area (Å²) in [7, 11) is 0. The first-order valence-electron chi connectivity index (χ1n) is 5.96. The van der Waals surface area contributed by atoms with Crippen molar-refractivity contribution in [2.45, 2.75) is 20.8 Å². The van der Waals surface area contributed by atoms with Crippen LogP contribution in [0.1, 0.15) is 21.8 Å². The summed E-state index contributed by atoms with van der Waals surface area (Å²) in [6, 6.07) is 8.38. The highest BCUT2D eigenvalue weighted by atomic mass is 32.1. The van der Waals surface area contributed by atoms with Crippen LogP contribution in [-0.4, -0.2) is 4.98 Å². The van der Waals surface area contributed by atoms with E-state index in [9.17, 15) is 5.26 Å². The molecule has 3 nitrogen and oxygen atoms in total. The van der Waals surface area contributed by atoms with E-state index in [0.29, 0.717) is 5.57 Å².